The van der Waals surface area contributed by atoms with Crippen LogP contribution < -0.4 is 5.32 Å². The lowest BCUT2D eigenvalue weighted by Crippen LogP contribution is -2.46. The Morgan fingerprint density at radius 3 is 2.11 bits per heavy atom. The molecule has 1 aliphatic heterocycles. The van der Waals surface area contributed by atoms with Gasteiger partial charge in [-0.05, 0) is 54.2 Å². The lowest BCUT2D eigenvalue weighted by molar-refractivity contribution is -0.143. The van der Waals surface area contributed by atoms with Crippen molar-refractivity contribution in [2.75, 3.05) is 13.6 Å². The maximum absolute atomic E-state index is 13.5. The lowest BCUT2D eigenvalue weighted by Gasteiger charge is -2.40. The second kappa shape index (κ2) is 9.20. The molecule has 0 saturated heterocycles. The summed E-state index contributed by atoms with van der Waals surface area (Å²) in [5.74, 6) is -2.04. The quantitative estimate of drug-likeness (QED) is 0.531. The smallest absolute Gasteiger partial charge is 0.355 e. The Morgan fingerprint density at radius 1 is 0.971 bits per heavy atom. The van der Waals surface area contributed by atoms with Gasteiger partial charge >= 0.3 is 12.4 Å². The molecular formula is C25H24F6N2O2. The molecule has 2 aliphatic rings. The normalized spacial score (nSPS) is 21.2. The van der Waals surface area contributed by atoms with Gasteiger partial charge in [0.2, 0.25) is 5.91 Å². The maximum Gasteiger partial charge on any atom is 0.416 e. The Balaban J connectivity index is 1.83. The van der Waals surface area contributed by atoms with E-state index < -0.39 is 52.8 Å². The third-order valence-corrected chi connectivity index (χ3v) is 6.85. The molecule has 1 aliphatic carbocycles. The van der Waals surface area contributed by atoms with E-state index in [1.165, 1.54) is 19.2 Å². The number of amides is 2. The van der Waals surface area contributed by atoms with Crippen LogP contribution >= 0.6 is 0 Å². The van der Waals surface area contributed by atoms with Crippen LogP contribution in [-0.4, -0.2) is 30.3 Å². The minimum atomic E-state index is -5.05. The second-order valence-corrected chi connectivity index (χ2v) is 9.16. The van der Waals surface area contributed by atoms with Gasteiger partial charge in [-0.25, -0.2) is 0 Å². The number of hydrogen-bond donors (Lipinski definition) is 1. The van der Waals surface area contributed by atoms with Crippen molar-refractivity contribution in [1.82, 2.24) is 10.2 Å². The minimum absolute atomic E-state index is 0.0390. The first kappa shape index (κ1) is 25.1. The van der Waals surface area contributed by atoms with Crippen molar-refractivity contribution in [2.24, 2.45) is 5.92 Å². The van der Waals surface area contributed by atoms with Gasteiger partial charge in [0, 0.05) is 19.2 Å². The molecule has 0 spiro atoms. The van der Waals surface area contributed by atoms with Crippen LogP contribution in [0.3, 0.4) is 0 Å². The summed E-state index contributed by atoms with van der Waals surface area (Å²) < 4.78 is 81.2. The van der Waals surface area contributed by atoms with E-state index in [1.54, 1.807) is 12.1 Å². The van der Waals surface area contributed by atoms with Gasteiger partial charge in [0.1, 0.15) is 0 Å². The van der Waals surface area contributed by atoms with E-state index in [0.717, 1.165) is 30.6 Å². The van der Waals surface area contributed by atoms with E-state index in [-0.39, 0.29) is 23.1 Å². The van der Waals surface area contributed by atoms with E-state index >= 15 is 0 Å². The summed E-state index contributed by atoms with van der Waals surface area (Å²) in [6, 6.07) is 6.05. The minimum Gasteiger partial charge on any atom is -0.355 e. The van der Waals surface area contributed by atoms with Crippen molar-refractivity contribution in [3.63, 3.8) is 0 Å². The van der Waals surface area contributed by atoms with E-state index in [1.807, 2.05) is 0 Å². The van der Waals surface area contributed by atoms with Gasteiger partial charge in [-0.1, -0.05) is 31.0 Å². The molecule has 2 aromatic rings. The Bertz CT molecular complexity index is 1090. The number of rotatable bonds is 4. The molecule has 1 heterocycles. The average molecular weight is 498 g/mol. The molecule has 1 saturated carbocycles. The molecule has 4 rings (SSSR count). The molecule has 1 N–H and O–H groups in total. The first-order valence-electron chi connectivity index (χ1n) is 11.3. The molecule has 2 amide bonds. The van der Waals surface area contributed by atoms with E-state index in [9.17, 15) is 35.9 Å². The van der Waals surface area contributed by atoms with E-state index in [0.29, 0.717) is 18.7 Å². The Hall–Kier alpha value is -3.04. The molecule has 2 aromatic carbocycles. The van der Waals surface area contributed by atoms with Gasteiger partial charge < -0.3 is 10.2 Å². The number of benzene rings is 2. The Morgan fingerprint density at radius 2 is 1.54 bits per heavy atom. The van der Waals surface area contributed by atoms with E-state index in [2.05, 4.69) is 5.32 Å². The SMILES string of the molecule is CN1C(=O)c2ccccc2C(C(=O)NCC2CCCC2)C1c1cc(C(F)(F)F)cc(C(F)(F)F)c1. The second-order valence-electron chi connectivity index (χ2n) is 9.16. The first-order chi connectivity index (χ1) is 16.4. The fraction of sp³-hybridized carbons (Fsp3) is 0.440. The molecule has 0 bridgehead atoms. The van der Waals surface area contributed by atoms with Crippen LogP contribution in [0.2, 0.25) is 0 Å². The number of carbonyl (C=O) groups is 2. The van der Waals surface area contributed by atoms with Gasteiger partial charge in [0.05, 0.1) is 23.1 Å². The number of halogens is 6. The summed E-state index contributed by atoms with van der Waals surface area (Å²) in [6.07, 6.45) is -6.15. The largest absolute Gasteiger partial charge is 0.416 e. The van der Waals surface area contributed by atoms with Crippen molar-refractivity contribution in [3.05, 3.63) is 70.3 Å². The van der Waals surface area contributed by atoms with Crippen LogP contribution in [0, 0.1) is 5.92 Å². The fourth-order valence-corrected chi connectivity index (χ4v) is 5.09. The van der Waals surface area contributed by atoms with Gasteiger partial charge in [-0.2, -0.15) is 26.3 Å². The third kappa shape index (κ3) is 5.01. The van der Waals surface area contributed by atoms with Gasteiger partial charge in [0.15, 0.2) is 0 Å². The van der Waals surface area contributed by atoms with E-state index in [4.69, 9.17) is 0 Å². The number of carbonyl (C=O) groups excluding carboxylic acids is 2. The summed E-state index contributed by atoms with van der Waals surface area (Å²) in [6.45, 7) is 0.359. The van der Waals surface area contributed by atoms with Crippen LogP contribution in [0.4, 0.5) is 26.3 Å². The summed E-state index contributed by atoms with van der Waals surface area (Å²) >= 11 is 0. The highest BCUT2D eigenvalue weighted by atomic mass is 19.4. The zero-order chi connectivity index (χ0) is 25.5. The monoisotopic (exact) mass is 498 g/mol. The Kier molecular flexibility index (Phi) is 6.59. The maximum atomic E-state index is 13.5. The highest BCUT2D eigenvalue weighted by molar-refractivity contribution is 6.01. The van der Waals surface area contributed by atoms with Crippen molar-refractivity contribution >= 4 is 11.8 Å². The molecule has 2 atom stereocenters. The van der Waals surface area contributed by atoms with Gasteiger partial charge in [-0.15, -0.1) is 0 Å². The topological polar surface area (TPSA) is 49.4 Å². The number of alkyl halides is 6. The average Bonchev–Trinajstić information content (AvgIpc) is 3.32. The van der Waals surface area contributed by atoms with Gasteiger partial charge in [-0.3, -0.25) is 9.59 Å². The number of nitrogens with one attached hydrogen (secondary N) is 1. The zero-order valence-electron chi connectivity index (χ0n) is 18.8. The fourth-order valence-electron chi connectivity index (χ4n) is 5.09. The molecular weight excluding hydrogens is 474 g/mol. The molecule has 0 aromatic heterocycles. The van der Waals surface area contributed by atoms with Gasteiger partial charge in [0.25, 0.3) is 5.91 Å². The molecule has 10 heteroatoms. The van der Waals surface area contributed by atoms with Crippen LogP contribution in [-0.2, 0) is 17.1 Å². The highest BCUT2D eigenvalue weighted by Crippen LogP contribution is 2.45. The molecule has 188 valence electrons. The van der Waals surface area contributed by atoms with Crippen molar-refractivity contribution in [3.8, 4) is 0 Å². The summed E-state index contributed by atoms with van der Waals surface area (Å²) in [5.41, 5.74) is -2.93. The standard InChI is InChI=1S/C25H24F6N2O2/c1-33-21(15-10-16(24(26,27)28)12-17(11-15)25(29,30)31)20(18-8-4-5-9-19(18)23(33)35)22(34)32-13-14-6-2-3-7-14/h4-5,8-12,14,20-21H,2-3,6-7,13H2,1H3,(H,32,34). The van der Waals surface area contributed by atoms with Crippen LogP contribution in [0.15, 0.2) is 42.5 Å². The molecule has 4 nitrogen and oxygen atoms in total. The van der Waals surface area contributed by atoms with Crippen LogP contribution in [0.5, 0.6) is 0 Å². The highest BCUT2D eigenvalue weighted by Gasteiger charge is 2.45. The number of hydrogen-bond acceptors (Lipinski definition) is 2. The molecule has 35 heavy (non-hydrogen) atoms. The van der Waals surface area contributed by atoms with Crippen molar-refractivity contribution < 1.29 is 35.9 Å². The zero-order valence-corrected chi connectivity index (χ0v) is 18.8. The lowest BCUT2D eigenvalue weighted by atomic mass is 9.78. The van der Waals surface area contributed by atoms with Crippen molar-refractivity contribution in [2.45, 2.75) is 50.0 Å². The Labute approximate surface area is 198 Å². The third-order valence-electron chi connectivity index (χ3n) is 6.85. The molecule has 1 fully saturated rings. The molecule has 0 radical (unpaired) electrons. The van der Waals surface area contributed by atoms with Crippen LogP contribution in [0.1, 0.15) is 70.3 Å². The number of fused-ring (bicyclic) bond motifs is 1. The predicted molar refractivity (Wildman–Crippen MR) is 115 cm³/mol. The number of nitrogens with zero attached hydrogens (tertiary/aromatic N) is 1. The summed E-state index contributed by atoms with van der Waals surface area (Å²) in [7, 11) is 1.29. The predicted octanol–water partition coefficient (Wildman–Crippen LogP) is 5.94. The summed E-state index contributed by atoms with van der Waals surface area (Å²) in [5, 5.41) is 2.84. The van der Waals surface area contributed by atoms with Crippen molar-refractivity contribution in [1.29, 1.82) is 0 Å². The molecule has 2 unspecified atom stereocenters. The summed E-state index contributed by atoms with van der Waals surface area (Å²) in [4.78, 5) is 27.5. The number of likely N-dealkylation sites (N-methyl/N-ethyl adjacent to an activating group) is 1. The van der Waals surface area contributed by atoms with Crippen LogP contribution in [0.25, 0.3) is 0 Å². The first-order valence-corrected chi connectivity index (χ1v) is 11.3.